The summed E-state index contributed by atoms with van der Waals surface area (Å²) in [5.41, 5.74) is -0.221. The molecule has 0 fully saturated rings. The van der Waals surface area contributed by atoms with Crippen LogP contribution in [0.15, 0.2) is 64.4 Å². The second kappa shape index (κ2) is 7.03. The van der Waals surface area contributed by atoms with Crippen LogP contribution < -0.4 is 11.1 Å². The first-order chi connectivity index (χ1) is 11.9. The van der Waals surface area contributed by atoms with Crippen molar-refractivity contribution < 1.29 is 8.78 Å². The lowest BCUT2D eigenvalue weighted by atomic mass is 10.2. The molecular formula is C18H13ClF2N2O2. The molecule has 0 amide bonds. The lowest BCUT2D eigenvalue weighted by molar-refractivity contribution is 0.506. The molecule has 2 aromatic carbocycles. The molecule has 0 aliphatic rings. The van der Waals surface area contributed by atoms with E-state index < -0.39 is 22.8 Å². The van der Waals surface area contributed by atoms with E-state index in [2.05, 4.69) is 0 Å². The molecule has 0 saturated carbocycles. The molecule has 0 bridgehead atoms. The zero-order valence-electron chi connectivity index (χ0n) is 13.0. The van der Waals surface area contributed by atoms with Gasteiger partial charge >= 0.3 is 11.1 Å². The third kappa shape index (κ3) is 3.85. The summed E-state index contributed by atoms with van der Waals surface area (Å²) in [6.45, 7) is 0.213. The Morgan fingerprint density at radius 1 is 0.760 bits per heavy atom. The monoisotopic (exact) mass is 362 g/mol. The number of hydrogen-bond acceptors (Lipinski definition) is 2. The predicted molar refractivity (Wildman–Crippen MR) is 91.0 cm³/mol. The molecule has 128 valence electrons. The molecule has 7 heteroatoms. The van der Waals surface area contributed by atoms with Crippen molar-refractivity contribution in [2.24, 2.45) is 0 Å². The van der Waals surface area contributed by atoms with E-state index >= 15 is 0 Å². The van der Waals surface area contributed by atoms with Crippen LogP contribution in [-0.2, 0) is 13.1 Å². The van der Waals surface area contributed by atoms with Crippen molar-refractivity contribution in [1.29, 1.82) is 0 Å². The van der Waals surface area contributed by atoms with Gasteiger partial charge in [0.15, 0.2) is 11.6 Å². The summed E-state index contributed by atoms with van der Waals surface area (Å²) in [5.74, 6) is -1.96. The minimum absolute atomic E-state index is 0.0208. The van der Waals surface area contributed by atoms with Crippen molar-refractivity contribution in [3.05, 3.63) is 103 Å². The normalized spacial score (nSPS) is 10.8. The summed E-state index contributed by atoms with van der Waals surface area (Å²) in [6.07, 6.45) is 2.93. The highest BCUT2D eigenvalue weighted by Gasteiger charge is 2.08. The van der Waals surface area contributed by atoms with Crippen LogP contribution >= 0.6 is 11.6 Å². The second-order valence-electron chi connectivity index (χ2n) is 5.54. The van der Waals surface area contributed by atoms with Gasteiger partial charge in [-0.15, -0.1) is 0 Å². The Morgan fingerprint density at radius 3 is 1.84 bits per heavy atom. The average Bonchev–Trinajstić information content (AvgIpc) is 2.59. The Labute approximate surface area is 146 Å². The highest BCUT2D eigenvalue weighted by Crippen LogP contribution is 2.11. The van der Waals surface area contributed by atoms with E-state index in [0.717, 1.165) is 22.3 Å². The van der Waals surface area contributed by atoms with Gasteiger partial charge in [-0.05, 0) is 35.4 Å². The number of benzene rings is 2. The van der Waals surface area contributed by atoms with Gasteiger partial charge < -0.3 is 9.13 Å². The van der Waals surface area contributed by atoms with Crippen LogP contribution in [0.2, 0.25) is 5.02 Å². The van der Waals surface area contributed by atoms with Crippen LogP contribution in [-0.4, -0.2) is 9.13 Å². The lowest BCUT2D eigenvalue weighted by Crippen LogP contribution is -2.40. The first-order valence-corrected chi connectivity index (χ1v) is 7.80. The fourth-order valence-corrected chi connectivity index (χ4v) is 2.54. The molecule has 0 unspecified atom stereocenters. The fourth-order valence-electron chi connectivity index (χ4n) is 2.41. The molecular weight excluding hydrogens is 350 g/mol. The van der Waals surface area contributed by atoms with Crippen molar-refractivity contribution in [1.82, 2.24) is 9.13 Å². The zero-order chi connectivity index (χ0) is 18.0. The van der Waals surface area contributed by atoms with Gasteiger partial charge in [0.05, 0.1) is 13.1 Å². The summed E-state index contributed by atoms with van der Waals surface area (Å²) in [4.78, 5) is 24.5. The lowest BCUT2D eigenvalue weighted by Gasteiger charge is -2.09. The van der Waals surface area contributed by atoms with E-state index in [1.165, 1.54) is 23.0 Å². The van der Waals surface area contributed by atoms with E-state index in [9.17, 15) is 18.4 Å². The van der Waals surface area contributed by atoms with Crippen molar-refractivity contribution in [3.8, 4) is 0 Å². The first kappa shape index (κ1) is 17.1. The zero-order valence-corrected chi connectivity index (χ0v) is 13.7. The molecule has 0 N–H and O–H groups in total. The minimum atomic E-state index is -0.998. The predicted octanol–water partition coefficient (Wildman–Crippen LogP) is 3.04. The van der Waals surface area contributed by atoms with Crippen LogP contribution in [0, 0.1) is 11.6 Å². The van der Waals surface area contributed by atoms with Gasteiger partial charge in [0.2, 0.25) is 0 Å². The van der Waals surface area contributed by atoms with Gasteiger partial charge in [-0.25, -0.2) is 8.78 Å². The van der Waals surface area contributed by atoms with Gasteiger partial charge in [0, 0.05) is 17.4 Å². The summed E-state index contributed by atoms with van der Waals surface area (Å²) in [7, 11) is 0. The quantitative estimate of drug-likeness (QED) is 0.670. The van der Waals surface area contributed by atoms with Gasteiger partial charge in [0.1, 0.15) is 0 Å². The summed E-state index contributed by atoms with van der Waals surface area (Å²) in [5, 5.41) is 0.582. The van der Waals surface area contributed by atoms with Crippen molar-refractivity contribution in [2.45, 2.75) is 13.1 Å². The summed E-state index contributed by atoms with van der Waals surface area (Å²) < 4.78 is 28.7. The third-order valence-electron chi connectivity index (χ3n) is 3.73. The third-order valence-corrected chi connectivity index (χ3v) is 3.99. The van der Waals surface area contributed by atoms with Crippen LogP contribution in [0.25, 0.3) is 0 Å². The van der Waals surface area contributed by atoms with Gasteiger partial charge in [-0.3, -0.25) is 9.59 Å². The van der Waals surface area contributed by atoms with Gasteiger partial charge in [-0.2, -0.15) is 0 Å². The summed E-state index contributed by atoms with van der Waals surface area (Å²) >= 11 is 5.82. The Morgan fingerprint density at radius 2 is 1.28 bits per heavy atom. The molecule has 3 rings (SSSR count). The number of aromatic nitrogens is 2. The van der Waals surface area contributed by atoms with Crippen LogP contribution in [0.3, 0.4) is 0 Å². The van der Waals surface area contributed by atoms with Crippen molar-refractivity contribution in [2.75, 3.05) is 0 Å². The van der Waals surface area contributed by atoms with Crippen LogP contribution in [0.4, 0.5) is 8.78 Å². The molecule has 4 nitrogen and oxygen atoms in total. The number of hydrogen-bond donors (Lipinski definition) is 0. The smallest absolute Gasteiger partial charge is 0.305 e. The second-order valence-corrected chi connectivity index (χ2v) is 5.98. The molecule has 0 radical (unpaired) electrons. The van der Waals surface area contributed by atoms with Gasteiger partial charge in [0.25, 0.3) is 0 Å². The maximum absolute atomic E-state index is 13.3. The highest BCUT2D eigenvalue weighted by molar-refractivity contribution is 6.30. The number of nitrogens with zero attached hydrogens (tertiary/aromatic N) is 2. The van der Waals surface area contributed by atoms with E-state index in [-0.39, 0.29) is 13.1 Å². The molecule has 0 aliphatic heterocycles. The highest BCUT2D eigenvalue weighted by atomic mass is 35.5. The Kier molecular flexibility index (Phi) is 4.81. The SMILES string of the molecule is O=c1c(=O)n(Cc2ccc(F)c(F)c2)ccn1Cc1ccc(Cl)cc1. The molecule has 0 saturated heterocycles. The molecule has 1 aromatic heterocycles. The maximum atomic E-state index is 13.3. The van der Waals surface area contributed by atoms with Gasteiger partial charge in [-0.1, -0.05) is 29.8 Å². The topological polar surface area (TPSA) is 44.0 Å². The van der Waals surface area contributed by atoms with Crippen molar-refractivity contribution >= 4 is 11.6 Å². The Balaban J connectivity index is 1.87. The van der Waals surface area contributed by atoms with Crippen LogP contribution in [0.5, 0.6) is 0 Å². The molecule has 0 aliphatic carbocycles. The molecule has 1 heterocycles. The van der Waals surface area contributed by atoms with Crippen LogP contribution in [0.1, 0.15) is 11.1 Å². The fraction of sp³-hybridized carbons (Fsp3) is 0.111. The largest absolute Gasteiger partial charge is 0.316 e. The Bertz CT molecular complexity index is 1030. The summed E-state index contributed by atoms with van der Waals surface area (Å²) in [6, 6.07) is 10.3. The Hall–Kier alpha value is -2.73. The van der Waals surface area contributed by atoms with Crippen molar-refractivity contribution in [3.63, 3.8) is 0 Å². The molecule has 0 spiro atoms. The standard InChI is InChI=1S/C18H13ClF2N2O2/c19-14-4-1-12(2-5-14)10-22-7-8-23(18(25)17(22)24)11-13-3-6-15(20)16(21)9-13/h1-9H,10-11H2. The number of halogens is 3. The molecule has 0 atom stereocenters. The maximum Gasteiger partial charge on any atom is 0.316 e. The average molecular weight is 363 g/mol. The van der Waals surface area contributed by atoms with E-state index in [1.54, 1.807) is 24.3 Å². The van der Waals surface area contributed by atoms with E-state index in [1.807, 2.05) is 0 Å². The van der Waals surface area contributed by atoms with E-state index in [0.29, 0.717) is 10.6 Å². The number of rotatable bonds is 4. The minimum Gasteiger partial charge on any atom is -0.305 e. The molecule has 25 heavy (non-hydrogen) atoms. The first-order valence-electron chi connectivity index (χ1n) is 7.42. The van der Waals surface area contributed by atoms with E-state index in [4.69, 9.17) is 11.6 Å². The molecule has 3 aromatic rings.